The molecule has 0 bridgehead atoms. The maximum Gasteiger partial charge on any atom is 0.473 e. The number of esters is 1. The Morgan fingerprint density at radius 3 is 0.662 bits per heavy atom. The van der Waals surface area contributed by atoms with Crippen LogP contribution in [-0.2, 0) is 9.53 Å². The van der Waals surface area contributed by atoms with E-state index in [9.17, 15) is 180 Å². The summed E-state index contributed by atoms with van der Waals surface area (Å²) in [5, 5.41) is 0. The van der Waals surface area contributed by atoms with Gasteiger partial charge in [0.1, 0.15) is 0 Å². The summed E-state index contributed by atoms with van der Waals surface area (Å²) in [7, 11) is 0. The summed E-state index contributed by atoms with van der Waals surface area (Å²) in [5.41, 5.74) is -13.4. The molecule has 0 N–H and O–H groups in total. The SMILES string of the molecule is C=C(C)C(=O)OC(F)(F)C(F)(F)C(F)(F)C(F)(F)C(F)(F)C(F)(F)C(F)(F)C(F)(F)C(F)(F)C(F)(F)C(F)(F)C1(F)C(F)(F)C(F)(F)C(F)(F)C(F)(F)C(F)(F)C(F)(F)C(F)(F)C(F)(F)C1(F)F. The number of carbonyl (C=O) groups is 1. The van der Waals surface area contributed by atoms with Crippen LogP contribution in [0.25, 0.3) is 0 Å². The summed E-state index contributed by atoms with van der Waals surface area (Å²) in [5.74, 6) is -202. The van der Waals surface area contributed by atoms with Crippen LogP contribution < -0.4 is 0 Å². The quantitative estimate of drug-likeness (QED) is 0.104. The number of rotatable bonds is 13. The second kappa shape index (κ2) is 14.7. The predicted octanol–water partition coefficient (Wildman–Crippen LogP) is 13.5. The van der Waals surface area contributed by atoms with E-state index >= 15 is 4.39 Å². The van der Waals surface area contributed by atoms with Gasteiger partial charge < -0.3 is 4.74 Å². The molecule has 0 heterocycles. The first-order valence-electron chi connectivity index (χ1n) is 14.7. The number of hydrogen-bond acceptors (Lipinski definition) is 2. The molecule has 0 atom stereocenters. The van der Waals surface area contributed by atoms with Gasteiger partial charge in [-0.05, 0) is 6.92 Å². The van der Waals surface area contributed by atoms with E-state index in [1.807, 2.05) is 0 Å². The Labute approximate surface area is 340 Å². The molecule has 1 aliphatic rings. The van der Waals surface area contributed by atoms with Crippen LogP contribution in [0.15, 0.2) is 12.2 Å². The monoisotopic (exact) mass is 1120 g/mol. The molecule has 1 rings (SSSR count). The average Bonchev–Trinajstić information content (AvgIpc) is 3.11. The molecule has 0 aromatic rings. The smallest absolute Gasteiger partial charge is 0.393 e. The predicted molar refractivity (Wildman–Crippen MR) is 124 cm³/mol. The molecule has 0 saturated heterocycles. The Kier molecular flexibility index (Phi) is 13.5. The van der Waals surface area contributed by atoms with Crippen molar-refractivity contribution in [2.45, 2.75) is 131 Å². The van der Waals surface area contributed by atoms with E-state index in [0.29, 0.717) is 0 Å². The largest absolute Gasteiger partial charge is 0.473 e. The topological polar surface area (TPSA) is 26.3 Å². The van der Waals surface area contributed by atoms with E-state index in [2.05, 4.69) is 11.3 Å². The van der Waals surface area contributed by atoms with Crippen molar-refractivity contribution in [3.63, 3.8) is 0 Å². The zero-order valence-corrected chi connectivity index (χ0v) is 29.5. The fourth-order valence-corrected chi connectivity index (χ4v) is 4.65. The van der Waals surface area contributed by atoms with Crippen molar-refractivity contribution < 1.29 is 190 Å². The summed E-state index contributed by atoms with van der Waals surface area (Å²) in [6.07, 6.45) is -8.01. The van der Waals surface area contributed by atoms with Gasteiger partial charge >= 0.3 is 130 Å². The van der Waals surface area contributed by atoms with E-state index in [0.717, 1.165) is 0 Å². The molecule has 0 aromatic heterocycles. The Bertz CT molecular complexity index is 1910. The maximum absolute atomic E-state index is 15.4. The molecule has 0 aliphatic heterocycles. The van der Waals surface area contributed by atoms with Crippen LogP contribution in [0.1, 0.15) is 6.92 Å². The van der Waals surface area contributed by atoms with Crippen LogP contribution in [0.3, 0.4) is 0 Å². The fraction of sp³-hybridized carbons (Fsp3) is 0.880. The molecule has 1 saturated carbocycles. The first-order chi connectivity index (χ1) is 28.6. The van der Waals surface area contributed by atoms with Crippen molar-refractivity contribution in [2.24, 2.45) is 0 Å². The van der Waals surface area contributed by atoms with Crippen LogP contribution in [0, 0.1) is 0 Å². The summed E-state index contributed by atoms with van der Waals surface area (Å²) in [6.45, 7) is 2.17. The van der Waals surface area contributed by atoms with Crippen molar-refractivity contribution in [2.75, 3.05) is 0 Å². The highest BCUT2D eigenvalue weighted by atomic mass is 19.4. The van der Waals surface area contributed by atoms with Crippen molar-refractivity contribution in [3.05, 3.63) is 12.2 Å². The average molecular weight is 1120 g/mol. The van der Waals surface area contributed by atoms with Crippen molar-refractivity contribution in [1.82, 2.24) is 0 Å². The second-order valence-corrected chi connectivity index (χ2v) is 13.3. The number of halogens is 41. The van der Waals surface area contributed by atoms with E-state index in [-0.39, 0.29) is 6.92 Å². The van der Waals surface area contributed by atoms with Crippen molar-refractivity contribution in [3.8, 4) is 0 Å². The Morgan fingerprint density at radius 2 is 0.471 bits per heavy atom. The minimum Gasteiger partial charge on any atom is -0.393 e. The van der Waals surface area contributed by atoms with Gasteiger partial charge in [-0.2, -0.15) is 176 Å². The Hall–Kier alpha value is -3.66. The normalized spacial score (nSPS) is 24.4. The van der Waals surface area contributed by atoms with Crippen LogP contribution in [0.5, 0.6) is 0 Å². The molecule has 43 heteroatoms. The van der Waals surface area contributed by atoms with E-state index in [1.165, 1.54) is 0 Å². The second-order valence-electron chi connectivity index (χ2n) is 13.3. The highest BCUT2D eigenvalue weighted by Gasteiger charge is 3.09. The molecule has 0 unspecified atom stereocenters. The molecule has 1 fully saturated rings. The van der Waals surface area contributed by atoms with Crippen LogP contribution in [0.2, 0.25) is 0 Å². The van der Waals surface area contributed by atoms with E-state index in [1.54, 1.807) is 0 Å². The van der Waals surface area contributed by atoms with Crippen molar-refractivity contribution >= 4 is 5.97 Å². The molecule has 0 spiro atoms. The minimum absolute atomic E-state index is 0.00637. The van der Waals surface area contributed by atoms with Gasteiger partial charge in [-0.15, -0.1) is 0 Å². The highest BCUT2D eigenvalue weighted by molar-refractivity contribution is 5.87. The van der Waals surface area contributed by atoms with Crippen LogP contribution >= 0.6 is 0 Å². The molecular formula is C25H5F41O2. The standard InChI is InChI=1S/C25H5F41O2/c1-3(2)4(67)68-25(65,66)24(63,64)23(61,62)22(59,60)21(57,58)20(55,56)19(53,54)17(49,50)14(43,44)11(37,38)8(31,32)5(26)6(27,28)9(33,34)12(39,40)15(45,46)18(51,52)16(47,48)13(41,42)10(35,36)7(5,29)30/h1H2,2H3. The zero-order chi connectivity index (χ0) is 56.4. The first kappa shape index (κ1) is 62.4. The molecular weight excluding hydrogens is 1110 g/mol. The van der Waals surface area contributed by atoms with E-state index in [4.69, 9.17) is 0 Å². The first-order valence-corrected chi connectivity index (χ1v) is 14.7. The lowest BCUT2D eigenvalue weighted by molar-refractivity contribution is -0.522. The minimum atomic E-state index is -11.6. The van der Waals surface area contributed by atoms with Gasteiger partial charge in [0.05, 0.1) is 0 Å². The lowest BCUT2D eigenvalue weighted by Gasteiger charge is -2.54. The zero-order valence-electron chi connectivity index (χ0n) is 29.5. The van der Waals surface area contributed by atoms with Gasteiger partial charge in [-0.25, -0.2) is 9.18 Å². The number of carbonyl (C=O) groups excluding carboxylic acids is 1. The third kappa shape index (κ3) is 6.21. The maximum atomic E-state index is 15.4. The molecule has 68 heavy (non-hydrogen) atoms. The van der Waals surface area contributed by atoms with Gasteiger partial charge in [0, 0.05) is 5.57 Å². The molecule has 404 valence electrons. The lowest BCUT2D eigenvalue weighted by Crippen LogP contribution is -2.88. The van der Waals surface area contributed by atoms with Gasteiger partial charge in [0.2, 0.25) is 0 Å². The Balaban J connectivity index is 4.64. The fourth-order valence-electron chi connectivity index (χ4n) is 4.65. The summed E-state index contributed by atoms with van der Waals surface area (Å²) < 4.78 is 584. The van der Waals surface area contributed by atoms with Crippen molar-refractivity contribution in [1.29, 1.82) is 0 Å². The van der Waals surface area contributed by atoms with Gasteiger partial charge in [-0.1, -0.05) is 6.58 Å². The van der Waals surface area contributed by atoms with Crippen LogP contribution in [-0.4, -0.2) is 130 Å². The van der Waals surface area contributed by atoms with E-state index < -0.39 is 136 Å². The van der Waals surface area contributed by atoms with Gasteiger partial charge in [0.15, 0.2) is 0 Å². The molecule has 0 amide bonds. The highest BCUT2D eigenvalue weighted by Crippen LogP contribution is 2.76. The summed E-state index contributed by atoms with van der Waals surface area (Å²) in [6, 6.07) is 0. The summed E-state index contributed by atoms with van der Waals surface area (Å²) >= 11 is 0. The molecule has 2 nitrogen and oxygen atoms in total. The number of ether oxygens (including phenoxy) is 1. The molecule has 1 aliphatic carbocycles. The van der Waals surface area contributed by atoms with Crippen LogP contribution in [0.4, 0.5) is 180 Å². The Morgan fingerprint density at radius 1 is 0.309 bits per heavy atom. The molecule has 0 radical (unpaired) electrons. The van der Waals surface area contributed by atoms with Gasteiger partial charge in [0.25, 0.3) is 0 Å². The lowest BCUT2D eigenvalue weighted by atomic mass is 9.69. The number of hydrogen-bond donors (Lipinski definition) is 0. The third-order valence-corrected chi connectivity index (χ3v) is 8.94. The molecule has 0 aromatic carbocycles. The number of alkyl halides is 41. The third-order valence-electron chi connectivity index (χ3n) is 8.94. The summed E-state index contributed by atoms with van der Waals surface area (Å²) in [4.78, 5) is 10.9. The van der Waals surface area contributed by atoms with Gasteiger partial charge in [-0.3, -0.25) is 0 Å².